The molecule has 2 amide bonds. The highest BCUT2D eigenvalue weighted by molar-refractivity contribution is 5.90. The maximum Gasteiger partial charge on any atom is 0.419 e. The van der Waals surface area contributed by atoms with Crippen LogP contribution in [0.1, 0.15) is 56.2 Å². The second kappa shape index (κ2) is 11.2. The zero-order chi connectivity index (χ0) is 27.5. The van der Waals surface area contributed by atoms with Gasteiger partial charge in [0.25, 0.3) is 0 Å². The van der Waals surface area contributed by atoms with Crippen LogP contribution >= 0.6 is 0 Å². The Morgan fingerprint density at radius 3 is 2.58 bits per heavy atom. The maximum atomic E-state index is 13.8. The molecule has 1 fully saturated rings. The molecule has 2 aliphatic rings. The number of urea groups is 1. The fourth-order valence-electron chi connectivity index (χ4n) is 5.54. The molecule has 9 heteroatoms. The molecule has 1 N–H and O–H groups in total. The van der Waals surface area contributed by atoms with Crippen molar-refractivity contribution in [3.05, 3.63) is 71.0 Å². The largest absolute Gasteiger partial charge is 0.419 e. The van der Waals surface area contributed by atoms with Crippen LogP contribution in [0.3, 0.4) is 0 Å². The fourth-order valence-corrected chi connectivity index (χ4v) is 5.54. The van der Waals surface area contributed by atoms with Crippen molar-refractivity contribution in [3.63, 3.8) is 0 Å². The fraction of sp³-hybridized carbons (Fsp3) is 0.448. The number of likely N-dealkylation sites (tertiary alicyclic amines) is 1. The number of amides is 2. The van der Waals surface area contributed by atoms with E-state index in [1.54, 1.807) is 11.0 Å². The van der Waals surface area contributed by atoms with Gasteiger partial charge in [0.05, 0.1) is 17.2 Å². The minimum Gasteiger partial charge on any atom is -0.320 e. The molecule has 1 heterocycles. The van der Waals surface area contributed by atoms with Crippen LogP contribution in [-0.2, 0) is 6.18 Å². The molecular formula is C29H32F4N4O. The Bertz CT molecular complexity index is 1240. The number of nitrogens with zero attached hydrogens (tertiary/aromatic N) is 3. The van der Waals surface area contributed by atoms with Gasteiger partial charge in [0, 0.05) is 24.8 Å². The normalized spacial score (nSPS) is 19.5. The van der Waals surface area contributed by atoms with Crippen LogP contribution in [0.4, 0.5) is 28.0 Å². The van der Waals surface area contributed by atoms with Crippen LogP contribution in [-0.4, -0.2) is 48.1 Å². The monoisotopic (exact) mass is 528 g/mol. The van der Waals surface area contributed by atoms with Crippen LogP contribution in [0.5, 0.6) is 0 Å². The van der Waals surface area contributed by atoms with Crippen molar-refractivity contribution in [1.29, 1.82) is 5.26 Å². The van der Waals surface area contributed by atoms with E-state index >= 15 is 0 Å². The molecule has 4 rings (SSSR count). The minimum atomic E-state index is -4.86. The van der Waals surface area contributed by atoms with E-state index in [0.29, 0.717) is 37.6 Å². The molecule has 0 bridgehead atoms. The number of nitriles is 1. The lowest BCUT2D eigenvalue weighted by atomic mass is 9.71. The van der Waals surface area contributed by atoms with E-state index in [4.69, 9.17) is 0 Å². The van der Waals surface area contributed by atoms with Crippen LogP contribution in [0.15, 0.2) is 48.5 Å². The molecule has 0 spiro atoms. The van der Waals surface area contributed by atoms with E-state index in [2.05, 4.69) is 36.2 Å². The number of nitrogens with one attached hydrogen (secondary N) is 1. The summed E-state index contributed by atoms with van der Waals surface area (Å²) in [5.74, 6) is -1.38. The molecule has 0 aromatic heterocycles. The molecule has 1 saturated heterocycles. The second-order valence-corrected chi connectivity index (χ2v) is 10.7. The molecule has 1 unspecified atom stereocenters. The Hall–Kier alpha value is -3.38. The first-order valence-electron chi connectivity index (χ1n) is 12.9. The summed E-state index contributed by atoms with van der Waals surface area (Å²) in [6.45, 7) is 7.19. The van der Waals surface area contributed by atoms with Crippen LogP contribution in [0.25, 0.3) is 5.57 Å². The topological polar surface area (TPSA) is 59.4 Å². The maximum absolute atomic E-state index is 13.8. The van der Waals surface area contributed by atoms with Crippen LogP contribution in [0, 0.1) is 22.6 Å². The van der Waals surface area contributed by atoms with E-state index < -0.39 is 23.6 Å². The summed E-state index contributed by atoms with van der Waals surface area (Å²) in [4.78, 5) is 17.5. The summed E-state index contributed by atoms with van der Waals surface area (Å²) in [7, 11) is 0. The average Bonchev–Trinajstić information content (AvgIpc) is 3.38. The van der Waals surface area contributed by atoms with Gasteiger partial charge in [0.15, 0.2) is 0 Å². The Balaban J connectivity index is 1.58. The van der Waals surface area contributed by atoms with Crippen LogP contribution in [0.2, 0.25) is 0 Å². The summed E-state index contributed by atoms with van der Waals surface area (Å²) in [5, 5.41) is 11.9. The Labute approximate surface area is 220 Å². The first-order valence-corrected chi connectivity index (χ1v) is 12.9. The van der Waals surface area contributed by atoms with E-state index in [1.807, 2.05) is 18.2 Å². The highest BCUT2D eigenvalue weighted by Crippen LogP contribution is 2.44. The summed E-state index contributed by atoms with van der Waals surface area (Å²) in [6, 6.07) is 11.4. The molecular weight excluding hydrogens is 496 g/mol. The number of alkyl halides is 3. The second-order valence-electron chi connectivity index (χ2n) is 10.7. The van der Waals surface area contributed by atoms with Gasteiger partial charge >= 0.3 is 12.2 Å². The highest BCUT2D eigenvalue weighted by atomic mass is 19.4. The number of anilines is 1. The summed E-state index contributed by atoms with van der Waals surface area (Å²) in [5.41, 5.74) is 0.804. The number of benzene rings is 2. The van der Waals surface area contributed by atoms with Gasteiger partial charge < -0.3 is 15.1 Å². The van der Waals surface area contributed by atoms with E-state index in [9.17, 15) is 27.6 Å². The molecule has 2 aromatic carbocycles. The lowest BCUT2D eigenvalue weighted by molar-refractivity contribution is -0.139. The predicted molar refractivity (Wildman–Crippen MR) is 139 cm³/mol. The van der Waals surface area contributed by atoms with E-state index in [-0.39, 0.29) is 17.1 Å². The number of hydrogen-bond acceptors (Lipinski definition) is 3. The zero-order valence-corrected chi connectivity index (χ0v) is 21.6. The standard InChI is InChI=1S/C29H32F4N4O/c1-28(2)18-23(9-10-24(28)21-7-5-6-20(16-21)19-34)37(15-14-36-12-3-4-13-36)27(38)35-22-8-11-26(30)25(17-22)29(31,32)33/h5-8,10-11,16-17,23H,3-4,9,12-15,18H2,1-2H3,(H,35,38). The van der Waals surface area contributed by atoms with E-state index in [1.165, 1.54) is 0 Å². The van der Waals surface area contributed by atoms with Gasteiger partial charge in [-0.15, -0.1) is 0 Å². The van der Waals surface area contributed by atoms with Crippen molar-refractivity contribution >= 4 is 17.3 Å². The lowest BCUT2D eigenvalue weighted by Crippen LogP contribution is -2.48. The summed E-state index contributed by atoms with van der Waals surface area (Å²) in [6.07, 6.45) is 0.650. The van der Waals surface area contributed by atoms with Crippen molar-refractivity contribution in [2.24, 2.45) is 5.41 Å². The van der Waals surface area contributed by atoms with Crippen LogP contribution < -0.4 is 5.32 Å². The molecule has 202 valence electrons. The lowest BCUT2D eigenvalue weighted by Gasteiger charge is -2.42. The number of allylic oxidation sites excluding steroid dienone is 1. The van der Waals surface area contributed by atoms with Crippen molar-refractivity contribution in [2.75, 3.05) is 31.5 Å². The SMILES string of the molecule is CC1(C)CC(N(CCN2CCCC2)C(=O)Nc2ccc(F)c(C(F)(F)F)c2)CC=C1c1cccc(C#N)c1. The van der Waals surface area contributed by atoms with Gasteiger partial charge in [0.2, 0.25) is 0 Å². The van der Waals surface area contributed by atoms with Gasteiger partial charge in [0.1, 0.15) is 5.82 Å². The molecule has 38 heavy (non-hydrogen) atoms. The number of hydrogen-bond donors (Lipinski definition) is 1. The molecule has 0 saturated carbocycles. The quantitative estimate of drug-likeness (QED) is 0.414. The van der Waals surface area contributed by atoms with Gasteiger partial charge in [-0.3, -0.25) is 0 Å². The summed E-state index contributed by atoms with van der Waals surface area (Å²) >= 11 is 0. The van der Waals surface area contributed by atoms with E-state index in [0.717, 1.165) is 49.2 Å². The number of carbonyl (C=O) groups excluding carboxylic acids is 1. The molecule has 1 aliphatic heterocycles. The predicted octanol–water partition coefficient (Wildman–Crippen LogP) is 6.92. The smallest absolute Gasteiger partial charge is 0.320 e. The Kier molecular flexibility index (Phi) is 8.12. The molecule has 0 radical (unpaired) electrons. The third kappa shape index (κ3) is 6.36. The Morgan fingerprint density at radius 1 is 1.18 bits per heavy atom. The van der Waals surface area contributed by atoms with Crippen molar-refractivity contribution < 1.29 is 22.4 Å². The van der Waals surface area contributed by atoms with Crippen molar-refractivity contribution in [1.82, 2.24) is 9.80 Å². The third-order valence-electron chi connectivity index (χ3n) is 7.45. The zero-order valence-electron chi connectivity index (χ0n) is 21.6. The van der Waals surface area contributed by atoms with Gasteiger partial charge in [-0.2, -0.15) is 18.4 Å². The number of halogens is 4. The molecule has 2 aromatic rings. The Morgan fingerprint density at radius 2 is 1.92 bits per heavy atom. The third-order valence-corrected chi connectivity index (χ3v) is 7.45. The highest BCUT2D eigenvalue weighted by Gasteiger charge is 2.37. The van der Waals surface area contributed by atoms with Gasteiger partial charge in [-0.05, 0) is 85.7 Å². The molecule has 5 nitrogen and oxygen atoms in total. The summed E-state index contributed by atoms with van der Waals surface area (Å²) < 4.78 is 53.5. The van der Waals surface area contributed by atoms with Gasteiger partial charge in [-0.25, -0.2) is 9.18 Å². The molecule has 1 atom stereocenters. The van der Waals surface area contributed by atoms with Gasteiger partial charge in [-0.1, -0.05) is 32.1 Å². The number of carbonyl (C=O) groups is 1. The molecule has 1 aliphatic carbocycles. The first-order chi connectivity index (χ1) is 18.0. The van der Waals surface area contributed by atoms with Crippen molar-refractivity contribution in [3.8, 4) is 6.07 Å². The first kappa shape index (κ1) is 27.6. The minimum absolute atomic E-state index is 0.102. The average molecular weight is 529 g/mol. The van der Waals surface area contributed by atoms with Crippen molar-refractivity contribution in [2.45, 2.75) is 51.7 Å². The number of rotatable bonds is 6.